The van der Waals surface area contributed by atoms with Crippen LogP contribution >= 0.6 is 11.6 Å². The lowest BCUT2D eigenvalue weighted by molar-refractivity contribution is -0.116. The maximum atomic E-state index is 12.1. The Kier molecular flexibility index (Phi) is 4.72. The molecule has 0 aliphatic heterocycles. The van der Waals surface area contributed by atoms with Crippen LogP contribution in [0, 0.1) is 0 Å². The summed E-state index contributed by atoms with van der Waals surface area (Å²) in [5.41, 5.74) is 3.38. The molecule has 6 nitrogen and oxygen atoms in total. The fourth-order valence-electron chi connectivity index (χ4n) is 2.73. The summed E-state index contributed by atoms with van der Waals surface area (Å²) in [4.78, 5) is 16.4. The van der Waals surface area contributed by atoms with Crippen molar-refractivity contribution in [3.63, 3.8) is 0 Å². The molecule has 4 rings (SSSR count). The van der Waals surface area contributed by atoms with E-state index < -0.39 is 0 Å². The van der Waals surface area contributed by atoms with Crippen molar-refractivity contribution < 1.29 is 4.79 Å². The van der Waals surface area contributed by atoms with Crippen molar-refractivity contribution in [2.75, 3.05) is 0 Å². The van der Waals surface area contributed by atoms with E-state index in [4.69, 9.17) is 11.6 Å². The van der Waals surface area contributed by atoms with Crippen LogP contribution in [-0.2, 0) is 11.3 Å². The van der Waals surface area contributed by atoms with E-state index in [2.05, 4.69) is 15.4 Å². The zero-order valence-electron chi connectivity index (χ0n) is 14.3. The molecule has 0 unspecified atom stereocenters. The predicted molar refractivity (Wildman–Crippen MR) is 105 cm³/mol. The summed E-state index contributed by atoms with van der Waals surface area (Å²) in [6.45, 7) is 0.434. The van der Waals surface area contributed by atoms with Crippen LogP contribution in [0.2, 0.25) is 5.15 Å². The number of hydrogen-bond donors (Lipinski definition) is 1. The second-order valence-electron chi connectivity index (χ2n) is 5.88. The molecule has 0 fully saturated rings. The Bertz CT molecular complexity index is 1100. The van der Waals surface area contributed by atoms with Gasteiger partial charge in [0.25, 0.3) is 0 Å². The molecule has 0 aliphatic rings. The lowest BCUT2D eigenvalue weighted by atomic mass is 10.2. The van der Waals surface area contributed by atoms with Gasteiger partial charge < -0.3 is 5.32 Å². The van der Waals surface area contributed by atoms with E-state index in [1.165, 1.54) is 6.08 Å². The van der Waals surface area contributed by atoms with Crippen LogP contribution in [-0.4, -0.2) is 25.1 Å². The van der Waals surface area contributed by atoms with E-state index in [0.717, 1.165) is 16.9 Å². The zero-order chi connectivity index (χ0) is 18.6. The number of carbonyl (C=O) groups is 1. The highest BCUT2D eigenvalue weighted by Gasteiger charge is 2.07. The third-order valence-corrected chi connectivity index (χ3v) is 4.36. The molecule has 0 spiro atoms. The number of carbonyl (C=O) groups excluding carboxylic acids is 1. The molecular formula is C20H16ClN5O. The van der Waals surface area contributed by atoms with Crippen molar-refractivity contribution >= 4 is 29.2 Å². The summed E-state index contributed by atoms with van der Waals surface area (Å²) < 4.78 is 3.62. The fourth-order valence-corrected chi connectivity index (χ4v) is 2.97. The lowest BCUT2D eigenvalue weighted by Crippen LogP contribution is -2.20. The van der Waals surface area contributed by atoms with E-state index in [0.29, 0.717) is 17.4 Å². The summed E-state index contributed by atoms with van der Waals surface area (Å²) in [6.07, 6.45) is 8.59. The topological polar surface area (TPSA) is 64.2 Å². The van der Waals surface area contributed by atoms with Gasteiger partial charge in [-0.2, -0.15) is 5.10 Å². The number of hydrogen-bond acceptors (Lipinski definition) is 3. The Hall–Kier alpha value is -3.38. The molecule has 1 N–H and O–H groups in total. The van der Waals surface area contributed by atoms with Gasteiger partial charge in [0.2, 0.25) is 5.91 Å². The molecule has 3 heterocycles. The zero-order valence-corrected chi connectivity index (χ0v) is 15.0. The maximum absolute atomic E-state index is 12.1. The molecule has 27 heavy (non-hydrogen) atoms. The van der Waals surface area contributed by atoms with Gasteiger partial charge in [-0.25, -0.2) is 9.67 Å². The van der Waals surface area contributed by atoms with Gasteiger partial charge in [0.05, 0.1) is 11.4 Å². The average molecular weight is 378 g/mol. The van der Waals surface area contributed by atoms with Gasteiger partial charge in [-0.3, -0.25) is 9.20 Å². The summed E-state index contributed by atoms with van der Waals surface area (Å²) in [7, 11) is 0. The Morgan fingerprint density at radius 1 is 1.11 bits per heavy atom. The van der Waals surface area contributed by atoms with Crippen LogP contribution in [0.15, 0.2) is 73.2 Å². The standard InChI is InChI=1S/C20H16ClN5O/c21-20-17(25-12-2-1-4-18(25)24-20)9-10-19(27)22-14-15-5-7-16(8-6-15)26-13-3-11-23-26/h1-13H,14H2,(H,22,27). The van der Waals surface area contributed by atoms with Crippen LogP contribution in [0.1, 0.15) is 11.3 Å². The van der Waals surface area contributed by atoms with E-state index in [-0.39, 0.29) is 5.91 Å². The summed E-state index contributed by atoms with van der Waals surface area (Å²) in [6, 6.07) is 15.3. The van der Waals surface area contributed by atoms with Gasteiger partial charge in [-0.1, -0.05) is 29.8 Å². The normalized spacial score (nSPS) is 11.3. The first-order chi connectivity index (χ1) is 13.2. The van der Waals surface area contributed by atoms with E-state index in [9.17, 15) is 4.79 Å². The number of rotatable bonds is 5. The number of halogens is 1. The highest BCUT2D eigenvalue weighted by molar-refractivity contribution is 6.31. The quantitative estimate of drug-likeness (QED) is 0.541. The third-order valence-electron chi connectivity index (χ3n) is 4.09. The van der Waals surface area contributed by atoms with E-state index in [1.54, 1.807) is 17.0 Å². The van der Waals surface area contributed by atoms with Crippen molar-refractivity contribution in [3.8, 4) is 5.69 Å². The number of nitrogens with zero attached hydrogens (tertiary/aromatic N) is 4. The highest BCUT2D eigenvalue weighted by Crippen LogP contribution is 2.18. The van der Waals surface area contributed by atoms with Crippen LogP contribution < -0.4 is 5.32 Å². The van der Waals surface area contributed by atoms with Crippen molar-refractivity contribution in [3.05, 3.63) is 89.6 Å². The molecule has 1 amide bonds. The number of benzene rings is 1. The molecule has 4 aromatic rings. The van der Waals surface area contributed by atoms with E-state index in [1.807, 2.05) is 65.3 Å². The molecule has 7 heteroatoms. The average Bonchev–Trinajstić information content (AvgIpc) is 3.33. The lowest BCUT2D eigenvalue weighted by Gasteiger charge is -2.05. The first-order valence-electron chi connectivity index (χ1n) is 8.38. The molecule has 0 saturated heterocycles. The second kappa shape index (κ2) is 7.47. The molecule has 0 radical (unpaired) electrons. The van der Waals surface area contributed by atoms with Gasteiger partial charge in [-0.05, 0) is 42.0 Å². The Morgan fingerprint density at radius 3 is 2.74 bits per heavy atom. The fraction of sp³-hybridized carbons (Fsp3) is 0.0500. The van der Waals surface area contributed by atoms with Crippen molar-refractivity contribution in [1.82, 2.24) is 24.5 Å². The second-order valence-corrected chi connectivity index (χ2v) is 6.24. The minimum Gasteiger partial charge on any atom is -0.348 e. The van der Waals surface area contributed by atoms with Crippen LogP contribution in [0.5, 0.6) is 0 Å². The van der Waals surface area contributed by atoms with Crippen molar-refractivity contribution in [1.29, 1.82) is 0 Å². The smallest absolute Gasteiger partial charge is 0.244 e. The van der Waals surface area contributed by atoms with Gasteiger partial charge in [0.1, 0.15) is 5.65 Å². The van der Waals surface area contributed by atoms with Crippen molar-refractivity contribution in [2.24, 2.45) is 0 Å². The van der Waals surface area contributed by atoms with Gasteiger partial charge >= 0.3 is 0 Å². The van der Waals surface area contributed by atoms with Gasteiger partial charge in [0, 0.05) is 31.2 Å². The number of nitrogens with one attached hydrogen (secondary N) is 1. The summed E-state index contributed by atoms with van der Waals surface area (Å²) in [5, 5.41) is 7.41. The number of aromatic nitrogens is 4. The highest BCUT2D eigenvalue weighted by atomic mass is 35.5. The minimum atomic E-state index is -0.201. The predicted octanol–water partition coefficient (Wildman–Crippen LogP) is 3.50. The largest absolute Gasteiger partial charge is 0.348 e. The summed E-state index contributed by atoms with van der Waals surface area (Å²) in [5.74, 6) is -0.201. The molecule has 0 atom stereocenters. The molecule has 1 aromatic carbocycles. The van der Waals surface area contributed by atoms with Gasteiger partial charge in [0.15, 0.2) is 5.15 Å². The number of amides is 1. The molecule has 3 aromatic heterocycles. The molecule has 0 aliphatic carbocycles. The molecule has 134 valence electrons. The van der Waals surface area contributed by atoms with Crippen LogP contribution in [0.25, 0.3) is 17.4 Å². The van der Waals surface area contributed by atoms with Gasteiger partial charge in [-0.15, -0.1) is 0 Å². The number of fused-ring (bicyclic) bond motifs is 1. The minimum absolute atomic E-state index is 0.201. The maximum Gasteiger partial charge on any atom is 0.244 e. The van der Waals surface area contributed by atoms with Crippen LogP contribution in [0.4, 0.5) is 0 Å². The monoisotopic (exact) mass is 377 g/mol. The molecular weight excluding hydrogens is 362 g/mol. The Labute approximate surface area is 160 Å². The summed E-state index contributed by atoms with van der Waals surface area (Å²) >= 11 is 6.16. The first-order valence-corrected chi connectivity index (χ1v) is 8.76. The Morgan fingerprint density at radius 2 is 1.96 bits per heavy atom. The Balaban J connectivity index is 1.39. The van der Waals surface area contributed by atoms with E-state index >= 15 is 0 Å². The molecule has 0 bridgehead atoms. The number of imidazole rings is 1. The molecule has 0 saturated carbocycles. The first kappa shape index (κ1) is 17.1. The SMILES string of the molecule is O=C(C=Cc1c(Cl)nc2ccccn12)NCc1ccc(-n2cccn2)cc1. The third kappa shape index (κ3) is 3.75. The van der Waals surface area contributed by atoms with Crippen molar-refractivity contribution in [2.45, 2.75) is 6.54 Å². The van der Waals surface area contributed by atoms with Crippen LogP contribution in [0.3, 0.4) is 0 Å². The number of pyridine rings is 1.